The van der Waals surface area contributed by atoms with Gasteiger partial charge in [-0.05, 0) is 85.0 Å². The summed E-state index contributed by atoms with van der Waals surface area (Å²) in [5.74, 6) is -1.53. The molecule has 0 spiro atoms. The van der Waals surface area contributed by atoms with Crippen LogP contribution in [0.5, 0.6) is 5.75 Å². The Bertz CT molecular complexity index is 3640. The van der Waals surface area contributed by atoms with Crippen molar-refractivity contribution in [2.45, 2.75) is 38.2 Å². The quantitative estimate of drug-likeness (QED) is 0.0346. The average Bonchev–Trinajstić information content (AvgIpc) is 1.96. The van der Waals surface area contributed by atoms with E-state index in [4.69, 9.17) is 23.4 Å². The molecular weight excluding hydrogens is 1110 g/mol. The molecule has 1 aliphatic carbocycles. The van der Waals surface area contributed by atoms with Crippen molar-refractivity contribution in [3.63, 3.8) is 0 Å². The number of nitrogens with one attached hydrogen (secondary N) is 1. The van der Waals surface area contributed by atoms with Gasteiger partial charge in [-0.25, -0.2) is 23.6 Å². The molecular formula is C60H65F3N11O11+. The van der Waals surface area contributed by atoms with Crippen LogP contribution in [0.2, 0.25) is 0 Å². The SMILES string of the molecule is CN(C)c1ccc2c(-c3ccc(C(=O)NCCOCCOCCOCCn4cc(CCCOC(=O)N5CCN(C(=O)n6cc(-c7ccc(OC(F)(F)F)cc7)nn6)C(Cc6ccccc6)C5)nn4)c(C(=O)O)c3)c3ccc(=[N+](C)C)cc-3oc2c1. The summed E-state index contributed by atoms with van der Waals surface area (Å²) >= 11 is 0. The molecule has 0 radical (unpaired) electrons. The lowest BCUT2D eigenvalue weighted by Crippen LogP contribution is -2.58. The molecule has 0 bridgehead atoms. The van der Waals surface area contributed by atoms with Gasteiger partial charge in [0.1, 0.15) is 36.9 Å². The van der Waals surface area contributed by atoms with Gasteiger partial charge in [-0.3, -0.25) is 4.79 Å². The van der Waals surface area contributed by atoms with E-state index >= 15 is 0 Å². The normalized spacial score (nSPS) is 13.5. The van der Waals surface area contributed by atoms with E-state index in [2.05, 4.69) is 30.7 Å². The number of alkyl halides is 3. The Hall–Kier alpha value is -9.20. The van der Waals surface area contributed by atoms with Crippen LogP contribution in [0, 0.1) is 0 Å². The van der Waals surface area contributed by atoms with Crippen LogP contribution in [0.1, 0.15) is 38.4 Å². The number of aryl methyl sites for hydroxylation is 1. The summed E-state index contributed by atoms with van der Waals surface area (Å²) in [6.07, 6.45) is -0.679. The number of aromatic nitrogens is 6. The van der Waals surface area contributed by atoms with E-state index in [9.17, 15) is 37.5 Å². The van der Waals surface area contributed by atoms with Gasteiger partial charge in [-0.1, -0.05) is 46.8 Å². The van der Waals surface area contributed by atoms with Crippen LogP contribution in [0.4, 0.5) is 28.4 Å². The first-order valence-electron chi connectivity index (χ1n) is 27.5. The van der Waals surface area contributed by atoms with Crippen LogP contribution in [-0.2, 0) is 38.3 Å². The molecule has 2 aromatic heterocycles. The van der Waals surface area contributed by atoms with Gasteiger partial charge in [0.05, 0.1) is 87.9 Å². The fourth-order valence-corrected chi connectivity index (χ4v) is 9.69. The standard InChI is InChI=1S/C60H64F3N11O11/c1-69(2)44-15-20-49-53(35-44)84-54-36-45(70(3)4)16-21-50(54)55(49)42-14-19-48(51(34-42)57(76)77)56(75)64-22-27-80-29-31-82-32-30-81-28-25-72-37-43(65-67-72)11-8-26-83-59(79)71-23-24-73(46(38-71)33-40-9-6-5-7-10-40)58(78)74-39-52(66-68-74)41-12-17-47(18-13-41)85-60(61,62)63/h5-7,9-10,12-21,34-37,39,46H,8,11,22-33,38H2,1-4H3,(H-,64,75,76,77)/p+1. The summed E-state index contributed by atoms with van der Waals surface area (Å²) in [6.45, 7) is 3.11. The number of hydrogen-bond donors (Lipinski definition) is 2. The van der Waals surface area contributed by atoms with Crippen molar-refractivity contribution in [3.05, 3.63) is 149 Å². The maximum Gasteiger partial charge on any atom is 0.573 e. The number of anilines is 1. The molecule has 2 N–H and O–H groups in total. The van der Waals surface area contributed by atoms with E-state index in [1.807, 2.05) is 104 Å². The largest absolute Gasteiger partial charge is 0.573 e. The molecule has 3 aliphatic rings. The highest BCUT2D eigenvalue weighted by Gasteiger charge is 2.35. The molecule has 1 unspecified atom stereocenters. The molecule has 85 heavy (non-hydrogen) atoms. The Morgan fingerprint density at radius 3 is 2.26 bits per heavy atom. The van der Waals surface area contributed by atoms with Crippen LogP contribution in [0.15, 0.2) is 126 Å². The Labute approximate surface area is 486 Å². The highest BCUT2D eigenvalue weighted by atomic mass is 19.4. The van der Waals surface area contributed by atoms with Crippen molar-refractivity contribution in [2.24, 2.45) is 0 Å². The second-order valence-electron chi connectivity index (χ2n) is 20.4. The first kappa shape index (κ1) is 60.4. The van der Waals surface area contributed by atoms with Crippen LogP contribution in [-0.4, -0.2) is 182 Å². The number of aromatic carboxylic acids is 1. The summed E-state index contributed by atoms with van der Waals surface area (Å²) in [7, 11) is 7.78. The van der Waals surface area contributed by atoms with Gasteiger partial charge in [0.15, 0.2) is 0 Å². The first-order valence-corrected chi connectivity index (χ1v) is 27.5. The summed E-state index contributed by atoms with van der Waals surface area (Å²) in [4.78, 5) is 58.3. The predicted octanol–water partition coefficient (Wildman–Crippen LogP) is 7.20. The zero-order chi connectivity index (χ0) is 60.0. The fourth-order valence-electron chi connectivity index (χ4n) is 9.69. The topological polar surface area (TPSA) is 234 Å². The molecule has 2 aliphatic heterocycles. The maximum absolute atomic E-state index is 13.8. The van der Waals surface area contributed by atoms with E-state index in [1.54, 1.807) is 26.7 Å². The van der Waals surface area contributed by atoms with Crippen molar-refractivity contribution < 1.29 is 65.6 Å². The number of carboxylic acid groups (broad SMARTS) is 1. The summed E-state index contributed by atoms with van der Waals surface area (Å²) in [5, 5.41) is 31.3. The number of ether oxygens (including phenoxy) is 5. The lowest BCUT2D eigenvalue weighted by molar-refractivity contribution is -0.274. The Kier molecular flexibility index (Phi) is 19.8. The van der Waals surface area contributed by atoms with Gasteiger partial charge in [0.25, 0.3) is 5.91 Å². The number of piperazine rings is 1. The number of carbonyl (C=O) groups excluding carboxylic acids is 3. The third-order valence-electron chi connectivity index (χ3n) is 14.0. The first-order chi connectivity index (χ1) is 41.0. The number of carbonyl (C=O) groups is 4. The molecule has 3 amide bonds. The summed E-state index contributed by atoms with van der Waals surface area (Å²) < 4.78 is 75.7. The van der Waals surface area contributed by atoms with Gasteiger partial charge >= 0.3 is 24.5 Å². The number of carboxylic acids is 1. The fraction of sp³-hybridized carbons (Fsp3) is 0.350. The van der Waals surface area contributed by atoms with Gasteiger partial charge in [-0.15, -0.1) is 23.4 Å². The molecule has 4 aromatic carbocycles. The van der Waals surface area contributed by atoms with Crippen molar-refractivity contribution in [2.75, 3.05) is 106 Å². The number of amides is 3. The smallest absolute Gasteiger partial charge is 0.478 e. The van der Waals surface area contributed by atoms with Gasteiger partial charge in [0.2, 0.25) is 5.36 Å². The number of fused-ring (bicyclic) bond motifs is 2. The molecule has 25 heteroatoms. The second kappa shape index (κ2) is 27.9. The van der Waals surface area contributed by atoms with Crippen LogP contribution >= 0.6 is 0 Å². The molecule has 0 saturated carbocycles. The maximum atomic E-state index is 13.8. The second-order valence-corrected chi connectivity index (χ2v) is 20.4. The van der Waals surface area contributed by atoms with Crippen molar-refractivity contribution in [1.29, 1.82) is 0 Å². The summed E-state index contributed by atoms with van der Waals surface area (Å²) in [6, 6.07) is 30.3. The lowest BCUT2D eigenvalue weighted by Gasteiger charge is -2.40. The Morgan fingerprint density at radius 2 is 1.53 bits per heavy atom. The van der Waals surface area contributed by atoms with E-state index in [-0.39, 0.29) is 62.8 Å². The highest BCUT2D eigenvalue weighted by Crippen LogP contribution is 2.41. The van der Waals surface area contributed by atoms with Crippen LogP contribution in [0.3, 0.4) is 0 Å². The lowest BCUT2D eigenvalue weighted by atomic mass is 9.91. The van der Waals surface area contributed by atoms with Gasteiger partial charge < -0.3 is 53.2 Å². The molecule has 9 rings (SSSR count). The van der Waals surface area contributed by atoms with E-state index in [0.717, 1.165) is 55.6 Å². The third kappa shape index (κ3) is 15.9. The minimum absolute atomic E-state index is 0.0268. The molecule has 446 valence electrons. The number of nitrogens with zero attached hydrogens (tertiary/aromatic N) is 10. The number of benzene rings is 5. The highest BCUT2D eigenvalue weighted by molar-refractivity contribution is 6.08. The van der Waals surface area contributed by atoms with Crippen molar-refractivity contribution in [1.82, 2.24) is 49.7 Å². The van der Waals surface area contributed by atoms with Gasteiger partial charge in [-0.2, -0.15) is 4.68 Å². The van der Waals surface area contributed by atoms with Crippen molar-refractivity contribution in [3.8, 4) is 39.5 Å². The molecule has 6 aromatic rings. The molecule has 4 heterocycles. The average molecular weight is 1170 g/mol. The molecule has 1 saturated heterocycles. The Morgan fingerprint density at radius 1 is 0.788 bits per heavy atom. The monoisotopic (exact) mass is 1170 g/mol. The summed E-state index contributed by atoms with van der Waals surface area (Å²) in [5.41, 5.74) is 6.07. The Balaban J connectivity index is 0.647. The van der Waals surface area contributed by atoms with Gasteiger partial charge in [0, 0.05) is 86.4 Å². The van der Waals surface area contributed by atoms with E-state index in [0.29, 0.717) is 74.7 Å². The van der Waals surface area contributed by atoms with E-state index < -0.39 is 42.2 Å². The zero-order valence-electron chi connectivity index (χ0n) is 47.4. The minimum atomic E-state index is -4.83. The van der Waals surface area contributed by atoms with Crippen molar-refractivity contribution >= 4 is 40.7 Å². The van der Waals surface area contributed by atoms with Crippen LogP contribution < -0.4 is 24.9 Å². The number of hydrogen-bond acceptors (Lipinski definition) is 15. The zero-order valence-corrected chi connectivity index (χ0v) is 47.4. The number of rotatable bonds is 24. The predicted molar refractivity (Wildman–Crippen MR) is 306 cm³/mol. The molecule has 1 atom stereocenters. The minimum Gasteiger partial charge on any atom is -0.478 e. The third-order valence-corrected chi connectivity index (χ3v) is 14.0. The number of halogens is 3. The van der Waals surface area contributed by atoms with Crippen LogP contribution in [0.25, 0.3) is 44.7 Å². The molecule has 1 fully saturated rings. The molecule has 22 nitrogen and oxygen atoms in total. The van der Waals surface area contributed by atoms with E-state index in [1.165, 1.54) is 30.5 Å².